The molecule has 0 aliphatic rings. The second kappa shape index (κ2) is 9.01. The molecule has 1 N–H and O–H groups in total. The molecular weight excluding hydrogens is 364 g/mol. The van der Waals surface area contributed by atoms with Crippen molar-refractivity contribution in [3.05, 3.63) is 84.8 Å². The maximum atomic E-state index is 12.2. The number of benzene rings is 2. The number of ether oxygens (including phenoxy) is 1. The van der Waals surface area contributed by atoms with Crippen LogP contribution in [0.3, 0.4) is 0 Å². The van der Waals surface area contributed by atoms with E-state index < -0.39 is 0 Å². The van der Waals surface area contributed by atoms with Crippen molar-refractivity contribution in [2.75, 3.05) is 11.9 Å². The summed E-state index contributed by atoms with van der Waals surface area (Å²) in [5.41, 5.74) is 0.916. The van der Waals surface area contributed by atoms with Crippen molar-refractivity contribution in [3.8, 4) is 5.75 Å². The number of pyridine rings is 1. The van der Waals surface area contributed by atoms with Crippen molar-refractivity contribution in [2.24, 2.45) is 0 Å². The number of nitrogens with one attached hydrogen (secondary N) is 1. The maximum absolute atomic E-state index is 12.2. The lowest BCUT2D eigenvalue weighted by Crippen LogP contribution is -2.13. The minimum atomic E-state index is -0.0744. The zero-order chi connectivity index (χ0) is 19.9. The number of fused-ring (bicyclic) bond motifs is 1. The predicted octanol–water partition coefficient (Wildman–Crippen LogP) is 4.28. The van der Waals surface area contributed by atoms with Gasteiger partial charge in [0, 0.05) is 30.3 Å². The number of amides is 1. The molecule has 0 spiro atoms. The summed E-state index contributed by atoms with van der Waals surface area (Å²) in [5.74, 6) is 1.31. The van der Waals surface area contributed by atoms with Gasteiger partial charge in [0.05, 0.1) is 18.8 Å². The highest BCUT2D eigenvalue weighted by Gasteiger charge is 2.07. The maximum Gasteiger partial charge on any atom is 0.225 e. The molecule has 6 nitrogen and oxygen atoms in total. The molecule has 2 aromatic heterocycles. The van der Waals surface area contributed by atoms with Gasteiger partial charge in [-0.3, -0.25) is 14.5 Å². The lowest BCUT2D eigenvalue weighted by Gasteiger charge is -2.09. The van der Waals surface area contributed by atoms with E-state index in [1.807, 2.05) is 54.7 Å². The van der Waals surface area contributed by atoms with E-state index >= 15 is 0 Å². The average Bonchev–Trinajstić information content (AvgIpc) is 3.18. The van der Waals surface area contributed by atoms with Gasteiger partial charge in [0.15, 0.2) is 5.82 Å². The van der Waals surface area contributed by atoms with E-state index in [2.05, 4.69) is 27.5 Å². The molecule has 0 saturated heterocycles. The Morgan fingerprint density at radius 2 is 1.86 bits per heavy atom. The summed E-state index contributed by atoms with van der Waals surface area (Å²) in [5, 5.41) is 9.42. The summed E-state index contributed by atoms with van der Waals surface area (Å²) in [4.78, 5) is 16.5. The molecule has 0 saturated carbocycles. The number of carbonyl (C=O) groups is 1. The van der Waals surface area contributed by atoms with Crippen LogP contribution in [0.15, 0.2) is 79.1 Å². The summed E-state index contributed by atoms with van der Waals surface area (Å²) < 4.78 is 7.64. The van der Waals surface area contributed by atoms with Crippen molar-refractivity contribution in [1.82, 2.24) is 14.8 Å². The Bertz CT molecular complexity index is 1090. The summed E-state index contributed by atoms with van der Waals surface area (Å²) >= 11 is 0. The predicted molar refractivity (Wildman–Crippen MR) is 113 cm³/mol. The second-order valence-electron chi connectivity index (χ2n) is 6.70. The fraction of sp³-hybridized carbons (Fsp3) is 0.174. The Hall–Kier alpha value is -3.67. The number of nitrogens with zero attached hydrogens (tertiary/aromatic N) is 3. The first kappa shape index (κ1) is 18.7. The molecular formula is C23H22N4O2. The summed E-state index contributed by atoms with van der Waals surface area (Å²) in [6, 6.07) is 21.6. The Labute approximate surface area is 169 Å². The van der Waals surface area contributed by atoms with Gasteiger partial charge in [0.2, 0.25) is 5.91 Å². The number of anilines is 1. The molecule has 2 heterocycles. The molecule has 29 heavy (non-hydrogen) atoms. The molecule has 0 aliphatic heterocycles. The number of hydrogen-bond donors (Lipinski definition) is 1. The van der Waals surface area contributed by atoms with Crippen molar-refractivity contribution < 1.29 is 9.53 Å². The topological polar surface area (TPSA) is 69.0 Å². The molecule has 6 heteroatoms. The largest absolute Gasteiger partial charge is 0.493 e. The zero-order valence-electron chi connectivity index (χ0n) is 16.0. The molecule has 4 rings (SSSR count). The number of hydrogen-bond acceptors (Lipinski definition) is 4. The van der Waals surface area contributed by atoms with Crippen LogP contribution in [0.2, 0.25) is 0 Å². The SMILES string of the molecule is O=C(CCCOc1cccc2ccccc12)Nc1ccn(Cc2ccccn2)n1. The second-order valence-corrected chi connectivity index (χ2v) is 6.70. The molecule has 146 valence electrons. The minimum Gasteiger partial charge on any atom is -0.493 e. The molecule has 0 aliphatic carbocycles. The van der Waals surface area contributed by atoms with Crippen molar-refractivity contribution in [2.45, 2.75) is 19.4 Å². The van der Waals surface area contributed by atoms with Crippen LogP contribution in [-0.4, -0.2) is 27.3 Å². The van der Waals surface area contributed by atoms with Crippen LogP contribution in [-0.2, 0) is 11.3 Å². The van der Waals surface area contributed by atoms with Crippen molar-refractivity contribution >= 4 is 22.5 Å². The summed E-state index contributed by atoms with van der Waals surface area (Å²) in [6.45, 7) is 1.05. The molecule has 4 aromatic rings. The van der Waals surface area contributed by atoms with Crippen LogP contribution in [0.4, 0.5) is 5.82 Å². The normalized spacial score (nSPS) is 10.8. The summed E-state index contributed by atoms with van der Waals surface area (Å²) in [7, 11) is 0. The van der Waals surface area contributed by atoms with E-state index in [-0.39, 0.29) is 5.91 Å². The third kappa shape index (κ3) is 4.99. The van der Waals surface area contributed by atoms with Crippen LogP contribution >= 0.6 is 0 Å². The molecule has 0 fully saturated rings. The first-order valence-electron chi connectivity index (χ1n) is 9.62. The van der Waals surface area contributed by atoms with Crippen LogP contribution in [0.1, 0.15) is 18.5 Å². The van der Waals surface area contributed by atoms with Crippen LogP contribution in [0.5, 0.6) is 5.75 Å². The first-order chi connectivity index (χ1) is 14.3. The Kier molecular flexibility index (Phi) is 5.81. The quantitative estimate of drug-likeness (QED) is 0.459. The average molecular weight is 386 g/mol. The van der Waals surface area contributed by atoms with Crippen molar-refractivity contribution in [3.63, 3.8) is 0 Å². The van der Waals surface area contributed by atoms with E-state index in [1.165, 1.54) is 0 Å². The zero-order valence-corrected chi connectivity index (χ0v) is 16.0. The minimum absolute atomic E-state index is 0.0744. The van der Waals surface area contributed by atoms with Gasteiger partial charge in [0.1, 0.15) is 5.75 Å². The third-order valence-electron chi connectivity index (χ3n) is 4.51. The number of aromatic nitrogens is 3. The van der Waals surface area contributed by atoms with E-state index in [1.54, 1.807) is 16.9 Å². The van der Waals surface area contributed by atoms with Gasteiger partial charge in [0.25, 0.3) is 0 Å². The molecule has 0 unspecified atom stereocenters. The molecule has 0 atom stereocenters. The fourth-order valence-corrected chi connectivity index (χ4v) is 3.12. The highest BCUT2D eigenvalue weighted by atomic mass is 16.5. The molecule has 1 amide bonds. The Balaban J connectivity index is 1.23. The van der Waals surface area contributed by atoms with E-state index in [9.17, 15) is 4.79 Å². The van der Waals surface area contributed by atoms with Gasteiger partial charge in [-0.15, -0.1) is 0 Å². The van der Waals surface area contributed by atoms with E-state index in [4.69, 9.17) is 4.74 Å². The van der Waals surface area contributed by atoms with Gasteiger partial charge < -0.3 is 10.1 Å². The lowest BCUT2D eigenvalue weighted by molar-refractivity contribution is -0.116. The molecule has 0 radical (unpaired) electrons. The highest BCUT2D eigenvalue weighted by Crippen LogP contribution is 2.25. The first-order valence-corrected chi connectivity index (χ1v) is 9.62. The lowest BCUT2D eigenvalue weighted by atomic mass is 10.1. The number of carbonyl (C=O) groups excluding carboxylic acids is 1. The molecule has 0 bridgehead atoms. The Morgan fingerprint density at radius 3 is 2.76 bits per heavy atom. The smallest absolute Gasteiger partial charge is 0.225 e. The molecule has 2 aromatic carbocycles. The van der Waals surface area contributed by atoms with Gasteiger partial charge in [-0.25, -0.2) is 0 Å². The van der Waals surface area contributed by atoms with Gasteiger partial charge in [-0.1, -0.05) is 42.5 Å². The fourth-order valence-electron chi connectivity index (χ4n) is 3.12. The van der Waals surface area contributed by atoms with Gasteiger partial charge >= 0.3 is 0 Å². The monoisotopic (exact) mass is 386 g/mol. The third-order valence-corrected chi connectivity index (χ3v) is 4.51. The van der Waals surface area contributed by atoms with Gasteiger partial charge in [-0.05, 0) is 30.0 Å². The highest BCUT2D eigenvalue weighted by molar-refractivity contribution is 5.89. The standard InChI is InChI=1S/C23H22N4O2/c28-23(25-22-13-15-27(26-22)17-19-9-3-4-14-24-19)12-6-16-29-21-11-5-8-18-7-1-2-10-20(18)21/h1-5,7-11,13-15H,6,12,16-17H2,(H,25,26,28). The number of rotatable bonds is 8. The van der Waals surface area contributed by atoms with E-state index in [0.29, 0.717) is 31.8 Å². The van der Waals surface area contributed by atoms with Crippen molar-refractivity contribution in [1.29, 1.82) is 0 Å². The van der Waals surface area contributed by atoms with Gasteiger partial charge in [-0.2, -0.15) is 5.10 Å². The van der Waals surface area contributed by atoms with Crippen LogP contribution in [0.25, 0.3) is 10.8 Å². The summed E-state index contributed by atoms with van der Waals surface area (Å²) in [6.07, 6.45) is 4.58. The van der Waals surface area contributed by atoms with Crippen LogP contribution in [0, 0.1) is 0 Å². The van der Waals surface area contributed by atoms with E-state index in [0.717, 1.165) is 22.2 Å². The van der Waals surface area contributed by atoms with Crippen LogP contribution < -0.4 is 10.1 Å². The Morgan fingerprint density at radius 1 is 1.00 bits per heavy atom.